The highest BCUT2D eigenvalue weighted by molar-refractivity contribution is 7.88. The number of aliphatic hydroxyl groups is 1. The number of aliphatic hydroxyl groups excluding tert-OH is 1. The minimum absolute atomic E-state index is 0.305. The van der Waals surface area contributed by atoms with E-state index >= 15 is 0 Å². The zero-order valence-corrected chi connectivity index (χ0v) is 12.3. The number of hydrogen-bond acceptors (Lipinski definition) is 5. The highest BCUT2D eigenvalue weighted by Crippen LogP contribution is 2.12. The first-order chi connectivity index (χ1) is 8.29. The van der Waals surface area contributed by atoms with E-state index in [2.05, 4.69) is 5.32 Å². The van der Waals surface area contributed by atoms with Gasteiger partial charge in [0.1, 0.15) is 0 Å². The predicted octanol–water partition coefficient (Wildman–Crippen LogP) is -1.08. The van der Waals surface area contributed by atoms with Gasteiger partial charge in [-0.05, 0) is 26.9 Å². The van der Waals surface area contributed by atoms with Crippen LogP contribution in [0, 0.1) is 0 Å². The molecule has 0 aromatic carbocycles. The third-order valence-corrected chi connectivity index (χ3v) is 4.44. The molecule has 0 radical (unpaired) electrons. The summed E-state index contributed by atoms with van der Waals surface area (Å²) in [4.78, 5) is 1.94. The molecule has 108 valence electrons. The molecular formula is C11H25N3O3S. The van der Waals surface area contributed by atoms with Crippen LogP contribution in [0.5, 0.6) is 0 Å². The molecule has 0 saturated carbocycles. The van der Waals surface area contributed by atoms with E-state index in [-0.39, 0.29) is 6.10 Å². The molecule has 2 N–H and O–H groups in total. The number of nitrogens with one attached hydrogen (secondary N) is 1. The quantitative estimate of drug-likeness (QED) is 0.647. The Balaban J connectivity index is 2.24. The van der Waals surface area contributed by atoms with E-state index in [0.717, 1.165) is 12.8 Å². The Morgan fingerprint density at radius 3 is 2.39 bits per heavy atom. The molecule has 1 aliphatic rings. The maximum absolute atomic E-state index is 11.3. The molecule has 1 fully saturated rings. The van der Waals surface area contributed by atoms with Crippen LogP contribution in [-0.2, 0) is 10.0 Å². The summed E-state index contributed by atoms with van der Waals surface area (Å²) >= 11 is 0. The first-order valence-electron chi connectivity index (χ1n) is 6.30. The van der Waals surface area contributed by atoms with Crippen molar-refractivity contribution in [1.29, 1.82) is 0 Å². The van der Waals surface area contributed by atoms with Gasteiger partial charge in [0, 0.05) is 32.2 Å². The van der Waals surface area contributed by atoms with Crippen LogP contribution in [0.25, 0.3) is 0 Å². The fraction of sp³-hybridized carbons (Fsp3) is 1.00. The summed E-state index contributed by atoms with van der Waals surface area (Å²) in [6, 6.07) is 0.305. The summed E-state index contributed by atoms with van der Waals surface area (Å²) in [6.45, 7) is 2.33. The van der Waals surface area contributed by atoms with Gasteiger partial charge >= 0.3 is 0 Å². The van der Waals surface area contributed by atoms with Gasteiger partial charge in [0.05, 0.1) is 12.4 Å². The van der Waals surface area contributed by atoms with Gasteiger partial charge in [-0.25, -0.2) is 12.7 Å². The largest absolute Gasteiger partial charge is 0.390 e. The number of hydrogen-bond donors (Lipinski definition) is 2. The molecular weight excluding hydrogens is 254 g/mol. The standard InChI is InChI=1S/C11H25N3O3S/c1-13(2)9-11(15)8-12-10-4-6-14(7-5-10)18(3,16)17/h10-12,15H,4-9H2,1-3H3. The highest BCUT2D eigenvalue weighted by atomic mass is 32.2. The van der Waals surface area contributed by atoms with Crippen molar-refractivity contribution in [3.8, 4) is 0 Å². The summed E-state index contributed by atoms with van der Waals surface area (Å²) in [5, 5.41) is 13.0. The molecule has 0 aromatic rings. The van der Waals surface area contributed by atoms with E-state index in [4.69, 9.17) is 0 Å². The Labute approximate surface area is 110 Å². The Morgan fingerprint density at radius 2 is 1.94 bits per heavy atom. The van der Waals surface area contributed by atoms with Crippen LogP contribution < -0.4 is 5.32 Å². The smallest absolute Gasteiger partial charge is 0.211 e. The van der Waals surface area contributed by atoms with Crippen LogP contribution in [0.1, 0.15) is 12.8 Å². The van der Waals surface area contributed by atoms with Crippen LogP contribution >= 0.6 is 0 Å². The first kappa shape index (κ1) is 15.8. The number of nitrogens with zero attached hydrogens (tertiary/aromatic N) is 2. The van der Waals surface area contributed by atoms with Gasteiger partial charge in [-0.1, -0.05) is 0 Å². The monoisotopic (exact) mass is 279 g/mol. The maximum atomic E-state index is 11.3. The van der Waals surface area contributed by atoms with Gasteiger partial charge in [-0.3, -0.25) is 0 Å². The Morgan fingerprint density at radius 1 is 1.39 bits per heavy atom. The summed E-state index contributed by atoms with van der Waals surface area (Å²) in [5.74, 6) is 0. The number of piperidine rings is 1. The molecule has 1 atom stereocenters. The second-order valence-corrected chi connectivity index (χ2v) is 7.24. The topological polar surface area (TPSA) is 72.9 Å². The van der Waals surface area contributed by atoms with E-state index in [1.165, 1.54) is 10.6 Å². The molecule has 0 aliphatic carbocycles. The Bertz CT molecular complexity index is 337. The number of sulfonamides is 1. The molecule has 1 aliphatic heterocycles. The minimum Gasteiger partial charge on any atom is -0.390 e. The lowest BCUT2D eigenvalue weighted by atomic mass is 10.1. The van der Waals surface area contributed by atoms with Crippen molar-refractivity contribution < 1.29 is 13.5 Å². The highest BCUT2D eigenvalue weighted by Gasteiger charge is 2.24. The van der Waals surface area contributed by atoms with E-state index in [0.29, 0.717) is 32.2 Å². The lowest BCUT2D eigenvalue weighted by Gasteiger charge is -2.31. The zero-order valence-electron chi connectivity index (χ0n) is 11.5. The summed E-state index contributed by atoms with van der Waals surface area (Å²) in [7, 11) is 0.802. The van der Waals surface area contributed by atoms with Crippen molar-refractivity contribution in [2.45, 2.75) is 25.0 Å². The van der Waals surface area contributed by atoms with Crippen molar-refractivity contribution in [3.63, 3.8) is 0 Å². The van der Waals surface area contributed by atoms with Gasteiger partial charge in [0.15, 0.2) is 0 Å². The van der Waals surface area contributed by atoms with Gasteiger partial charge < -0.3 is 15.3 Å². The van der Waals surface area contributed by atoms with Gasteiger partial charge in [0.2, 0.25) is 10.0 Å². The average Bonchev–Trinajstić information content (AvgIpc) is 2.25. The second kappa shape index (κ2) is 6.81. The van der Waals surface area contributed by atoms with E-state index < -0.39 is 10.0 Å². The third kappa shape index (κ3) is 5.62. The molecule has 1 saturated heterocycles. The second-order valence-electron chi connectivity index (χ2n) is 5.26. The predicted molar refractivity (Wildman–Crippen MR) is 72.0 cm³/mol. The molecule has 18 heavy (non-hydrogen) atoms. The number of rotatable bonds is 6. The first-order valence-corrected chi connectivity index (χ1v) is 8.15. The molecule has 1 heterocycles. The summed E-state index contributed by atoms with van der Waals surface area (Å²) in [6.07, 6.45) is 2.48. The molecule has 0 bridgehead atoms. The lowest BCUT2D eigenvalue weighted by molar-refractivity contribution is 0.127. The van der Waals surface area contributed by atoms with Crippen molar-refractivity contribution in [3.05, 3.63) is 0 Å². The lowest BCUT2D eigenvalue weighted by Crippen LogP contribution is -2.47. The van der Waals surface area contributed by atoms with Crippen LogP contribution in [0.2, 0.25) is 0 Å². The zero-order chi connectivity index (χ0) is 13.8. The van der Waals surface area contributed by atoms with E-state index in [1.54, 1.807) is 0 Å². The molecule has 1 rings (SSSR count). The Kier molecular flexibility index (Phi) is 6.00. The van der Waals surface area contributed by atoms with Crippen molar-refractivity contribution in [2.24, 2.45) is 0 Å². The molecule has 0 aromatic heterocycles. The molecule has 6 nitrogen and oxygen atoms in total. The van der Waals surface area contributed by atoms with E-state index in [1.807, 2.05) is 19.0 Å². The molecule has 0 amide bonds. The third-order valence-electron chi connectivity index (χ3n) is 3.14. The van der Waals surface area contributed by atoms with Crippen molar-refractivity contribution in [2.75, 3.05) is 46.5 Å². The van der Waals surface area contributed by atoms with Crippen molar-refractivity contribution >= 4 is 10.0 Å². The summed E-state index contributed by atoms with van der Waals surface area (Å²) < 4.78 is 24.2. The van der Waals surface area contributed by atoms with Crippen LogP contribution in [0.4, 0.5) is 0 Å². The molecule has 7 heteroatoms. The minimum atomic E-state index is -3.05. The van der Waals surface area contributed by atoms with Gasteiger partial charge in [-0.2, -0.15) is 0 Å². The van der Waals surface area contributed by atoms with Gasteiger partial charge in [0.25, 0.3) is 0 Å². The average molecular weight is 279 g/mol. The molecule has 1 unspecified atom stereocenters. The van der Waals surface area contributed by atoms with E-state index in [9.17, 15) is 13.5 Å². The Hall–Kier alpha value is -0.210. The molecule has 0 spiro atoms. The normalized spacial score (nSPS) is 21.4. The van der Waals surface area contributed by atoms with Crippen LogP contribution in [-0.4, -0.2) is 81.4 Å². The van der Waals surface area contributed by atoms with Crippen molar-refractivity contribution in [1.82, 2.24) is 14.5 Å². The maximum Gasteiger partial charge on any atom is 0.211 e. The van der Waals surface area contributed by atoms with Crippen LogP contribution in [0.15, 0.2) is 0 Å². The number of likely N-dealkylation sites (N-methyl/N-ethyl adjacent to an activating group) is 1. The van der Waals surface area contributed by atoms with Gasteiger partial charge in [-0.15, -0.1) is 0 Å². The summed E-state index contributed by atoms with van der Waals surface area (Å²) in [5.41, 5.74) is 0. The fourth-order valence-electron chi connectivity index (χ4n) is 2.18. The fourth-order valence-corrected chi connectivity index (χ4v) is 3.05. The van der Waals surface area contributed by atoms with Crippen LogP contribution in [0.3, 0.4) is 0 Å². The SMILES string of the molecule is CN(C)CC(O)CNC1CCN(S(C)(=O)=O)CC1.